The van der Waals surface area contributed by atoms with Gasteiger partial charge in [-0.3, -0.25) is 0 Å². The summed E-state index contributed by atoms with van der Waals surface area (Å²) in [5, 5.41) is 0.131. The fraction of sp³-hybridized carbons (Fsp3) is 0.455. The second-order valence-corrected chi connectivity index (χ2v) is 4.84. The summed E-state index contributed by atoms with van der Waals surface area (Å²) >= 11 is 7.09. The van der Waals surface area contributed by atoms with Crippen LogP contribution in [0.3, 0.4) is 0 Å². The van der Waals surface area contributed by atoms with Crippen LogP contribution >= 0.6 is 23.4 Å². The third-order valence-corrected chi connectivity index (χ3v) is 2.94. The molecule has 0 heterocycles. The number of rotatable bonds is 5. The fourth-order valence-electron chi connectivity index (χ4n) is 1.21. The van der Waals surface area contributed by atoms with Gasteiger partial charge in [0.05, 0.1) is 18.2 Å². The van der Waals surface area contributed by atoms with Crippen LogP contribution in [0.15, 0.2) is 17.0 Å². The van der Waals surface area contributed by atoms with E-state index >= 15 is 0 Å². The van der Waals surface area contributed by atoms with Gasteiger partial charge < -0.3 is 10.5 Å². The molecular formula is C11H15ClFNOS. The monoisotopic (exact) mass is 263 g/mol. The molecule has 1 aromatic rings. The van der Waals surface area contributed by atoms with Crippen LogP contribution in [0.1, 0.15) is 12.5 Å². The number of benzene rings is 1. The molecule has 1 atom stereocenters. The van der Waals surface area contributed by atoms with Crippen LogP contribution in [-0.4, -0.2) is 18.9 Å². The van der Waals surface area contributed by atoms with Gasteiger partial charge in [-0.05, 0) is 30.9 Å². The lowest BCUT2D eigenvalue weighted by molar-refractivity contribution is 0.111. The Kier molecular flexibility index (Phi) is 5.55. The minimum absolute atomic E-state index is 0.00376. The molecule has 0 aromatic heterocycles. The predicted molar refractivity (Wildman–Crippen MR) is 66.5 cm³/mol. The van der Waals surface area contributed by atoms with E-state index in [2.05, 4.69) is 0 Å². The molecule has 0 bridgehead atoms. The summed E-state index contributed by atoms with van der Waals surface area (Å²) in [7, 11) is 0. The van der Waals surface area contributed by atoms with Crippen molar-refractivity contribution in [1.29, 1.82) is 0 Å². The zero-order valence-electron chi connectivity index (χ0n) is 9.30. The van der Waals surface area contributed by atoms with Crippen molar-refractivity contribution in [2.24, 2.45) is 5.73 Å². The quantitative estimate of drug-likeness (QED) is 0.830. The van der Waals surface area contributed by atoms with E-state index in [9.17, 15) is 4.39 Å². The predicted octanol–water partition coefficient (Wildman–Crippen LogP) is 3.06. The molecule has 0 aliphatic rings. The van der Waals surface area contributed by atoms with Crippen molar-refractivity contribution in [3.8, 4) is 0 Å². The summed E-state index contributed by atoms with van der Waals surface area (Å²) in [5.74, 6) is -0.370. The first-order valence-electron chi connectivity index (χ1n) is 4.89. The Morgan fingerprint density at radius 3 is 2.81 bits per heavy atom. The van der Waals surface area contributed by atoms with Crippen molar-refractivity contribution in [3.05, 3.63) is 28.5 Å². The molecule has 0 saturated carbocycles. The Morgan fingerprint density at radius 2 is 2.25 bits per heavy atom. The fourth-order valence-corrected chi connectivity index (χ4v) is 2.07. The van der Waals surface area contributed by atoms with Crippen molar-refractivity contribution in [2.75, 3.05) is 12.9 Å². The maximum Gasteiger partial charge on any atom is 0.155 e. The van der Waals surface area contributed by atoms with Crippen molar-refractivity contribution in [2.45, 2.75) is 24.5 Å². The Hall–Kier alpha value is -0.290. The second kappa shape index (κ2) is 6.45. The van der Waals surface area contributed by atoms with Crippen LogP contribution in [0.5, 0.6) is 0 Å². The molecule has 0 aliphatic carbocycles. The van der Waals surface area contributed by atoms with E-state index in [4.69, 9.17) is 22.1 Å². The number of nitrogens with two attached hydrogens (primary N) is 1. The van der Waals surface area contributed by atoms with E-state index in [1.807, 2.05) is 6.92 Å². The van der Waals surface area contributed by atoms with Crippen molar-refractivity contribution < 1.29 is 9.13 Å². The van der Waals surface area contributed by atoms with Crippen molar-refractivity contribution in [1.82, 2.24) is 0 Å². The van der Waals surface area contributed by atoms with Crippen LogP contribution in [-0.2, 0) is 11.3 Å². The zero-order valence-corrected chi connectivity index (χ0v) is 10.9. The summed E-state index contributed by atoms with van der Waals surface area (Å²) in [5.41, 5.74) is 6.41. The van der Waals surface area contributed by atoms with E-state index in [0.29, 0.717) is 18.1 Å². The van der Waals surface area contributed by atoms with Gasteiger partial charge in [0.1, 0.15) is 0 Å². The van der Waals surface area contributed by atoms with E-state index in [-0.39, 0.29) is 16.9 Å². The summed E-state index contributed by atoms with van der Waals surface area (Å²) in [6.45, 7) is 2.74. The number of hydrogen-bond acceptors (Lipinski definition) is 3. The highest BCUT2D eigenvalue weighted by Gasteiger charge is 2.08. The molecule has 2 nitrogen and oxygen atoms in total. The van der Waals surface area contributed by atoms with Gasteiger partial charge in [0, 0.05) is 10.9 Å². The highest BCUT2D eigenvalue weighted by atomic mass is 35.5. The van der Waals surface area contributed by atoms with Crippen molar-refractivity contribution >= 4 is 23.4 Å². The lowest BCUT2D eigenvalue weighted by Gasteiger charge is -2.09. The van der Waals surface area contributed by atoms with Gasteiger partial charge in [0.15, 0.2) is 5.82 Å². The summed E-state index contributed by atoms with van der Waals surface area (Å²) < 4.78 is 18.8. The van der Waals surface area contributed by atoms with Gasteiger partial charge in [-0.1, -0.05) is 11.6 Å². The van der Waals surface area contributed by atoms with Gasteiger partial charge in [-0.15, -0.1) is 11.8 Å². The summed E-state index contributed by atoms with van der Waals surface area (Å²) in [4.78, 5) is 0.534. The van der Waals surface area contributed by atoms with E-state index in [1.165, 1.54) is 11.8 Å². The minimum Gasteiger partial charge on any atom is -0.375 e. The Morgan fingerprint density at radius 1 is 1.56 bits per heavy atom. The minimum atomic E-state index is -0.370. The first-order chi connectivity index (χ1) is 7.54. The van der Waals surface area contributed by atoms with E-state index in [0.717, 1.165) is 5.56 Å². The van der Waals surface area contributed by atoms with Gasteiger partial charge >= 0.3 is 0 Å². The Labute approximate surface area is 104 Å². The van der Waals surface area contributed by atoms with Crippen LogP contribution in [0.25, 0.3) is 0 Å². The molecule has 1 aromatic carbocycles. The maximum atomic E-state index is 13.4. The Bertz CT molecular complexity index is 360. The van der Waals surface area contributed by atoms with E-state index < -0.39 is 0 Å². The van der Waals surface area contributed by atoms with Crippen LogP contribution in [0.2, 0.25) is 5.02 Å². The zero-order chi connectivity index (χ0) is 12.1. The molecule has 0 spiro atoms. The number of hydrogen-bond donors (Lipinski definition) is 1. The molecule has 1 rings (SSSR count). The Balaban J connectivity index is 2.70. The summed E-state index contributed by atoms with van der Waals surface area (Å²) in [6, 6.07) is 3.32. The van der Waals surface area contributed by atoms with Gasteiger partial charge in [-0.25, -0.2) is 4.39 Å². The van der Waals surface area contributed by atoms with Gasteiger partial charge in [-0.2, -0.15) is 0 Å². The molecule has 0 amide bonds. The molecule has 1 unspecified atom stereocenters. The molecule has 90 valence electrons. The van der Waals surface area contributed by atoms with Crippen LogP contribution in [0, 0.1) is 5.82 Å². The smallest absolute Gasteiger partial charge is 0.155 e. The van der Waals surface area contributed by atoms with Crippen molar-refractivity contribution in [3.63, 3.8) is 0 Å². The SMILES string of the molecule is CSc1cc(COCC(C)N)cc(Cl)c1F. The molecule has 0 aliphatic heterocycles. The third-order valence-electron chi connectivity index (χ3n) is 1.92. The molecule has 0 radical (unpaired) electrons. The normalized spacial score (nSPS) is 12.8. The highest BCUT2D eigenvalue weighted by Crippen LogP contribution is 2.27. The number of halogens is 2. The lowest BCUT2D eigenvalue weighted by Crippen LogP contribution is -2.21. The third kappa shape index (κ3) is 3.94. The molecule has 16 heavy (non-hydrogen) atoms. The molecular weight excluding hydrogens is 249 g/mol. The average Bonchev–Trinajstić information content (AvgIpc) is 2.22. The molecule has 0 fully saturated rings. The average molecular weight is 264 g/mol. The standard InChI is InChI=1S/C11H15ClFNOS/c1-7(14)5-15-6-8-3-9(12)11(13)10(4-8)16-2/h3-4,7H,5-6,14H2,1-2H3. The molecule has 0 saturated heterocycles. The van der Waals surface area contributed by atoms with Gasteiger partial charge in [0.2, 0.25) is 0 Å². The van der Waals surface area contributed by atoms with Gasteiger partial charge in [0.25, 0.3) is 0 Å². The topological polar surface area (TPSA) is 35.2 Å². The highest BCUT2D eigenvalue weighted by molar-refractivity contribution is 7.98. The largest absolute Gasteiger partial charge is 0.375 e. The van der Waals surface area contributed by atoms with Crippen LogP contribution in [0.4, 0.5) is 4.39 Å². The maximum absolute atomic E-state index is 13.4. The molecule has 2 N–H and O–H groups in total. The summed E-state index contributed by atoms with van der Waals surface area (Å²) in [6.07, 6.45) is 1.81. The lowest BCUT2D eigenvalue weighted by atomic mass is 10.2. The number of ether oxygens (including phenoxy) is 1. The number of thioether (sulfide) groups is 1. The van der Waals surface area contributed by atoms with Crippen LogP contribution < -0.4 is 5.73 Å². The second-order valence-electron chi connectivity index (χ2n) is 3.59. The first-order valence-corrected chi connectivity index (χ1v) is 6.50. The first kappa shape index (κ1) is 13.8. The van der Waals surface area contributed by atoms with E-state index in [1.54, 1.807) is 18.4 Å². The molecule has 5 heteroatoms.